The van der Waals surface area contributed by atoms with Crippen LogP contribution in [0.1, 0.15) is 32.6 Å². The fourth-order valence-electron chi connectivity index (χ4n) is 2.59. The van der Waals surface area contributed by atoms with E-state index in [1.807, 2.05) is 13.1 Å². The third-order valence-corrected chi connectivity index (χ3v) is 3.82. The number of anilines is 1. The second-order valence-electron chi connectivity index (χ2n) is 5.39. The van der Waals surface area contributed by atoms with Crippen molar-refractivity contribution in [3.05, 3.63) is 12.4 Å². The first kappa shape index (κ1) is 15.0. The lowest BCUT2D eigenvalue weighted by Gasteiger charge is -2.32. The van der Waals surface area contributed by atoms with Gasteiger partial charge in [0.05, 0.1) is 6.61 Å². The van der Waals surface area contributed by atoms with Gasteiger partial charge in [-0.15, -0.1) is 0 Å². The van der Waals surface area contributed by atoms with Crippen molar-refractivity contribution in [2.45, 2.75) is 32.6 Å². The van der Waals surface area contributed by atoms with E-state index in [0.29, 0.717) is 12.5 Å². The minimum Gasteiger partial charge on any atom is -0.478 e. The molecule has 1 fully saturated rings. The maximum Gasteiger partial charge on any atom is 0.218 e. The lowest BCUT2D eigenvalue weighted by Crippen LogP contribution is -2.35. The lowest BCUT2D eigenvalue weighted by atomic mass is 9.93. The smallest absolute Gasteiger partial charge is 0.218 e. The van der Waals surface area contributed by atoms with Gasteiger partial charge in [0, 0.05) is 19.2 Å². The average Bonchev–Trinajstić information content (AvgIpc) is 2.52. The molecule has 0 saturated carbocycles. The van der Waals surface area contributed by atoms with E-state index in [-0.39, 0.29) is 0 Å². The van der Waals surface area contributed by atoms with Crippen molar-refractivity contribution < 1.29 is 4.74 Å². The van der Waals surface area contributed by atoms with Crippen LogP contribution in [0.5, 0.6) is 5.88 Å². The predicted octanol–water partition coefficient (Wildman–Crippen LogP) is 2.09. The maximum absolute atomic E-state index is 5.57. The number of ether oxygens (including phenoxy) is 1. The van der Waals surface area contributed by atoms with E-state index in [1.165, 1.54) is 19.3 Å². The Balaban J connectivity index is 1.86. The van der Waals surface area contributed by atoms with Gasteiger partial charge in [0.15, 0.2) is 0 Å². The van der Waals surface area contributed by atoms with E-state index in [2.05, 4.69) is 27.1 Å². The minimum atomic E-state index is 0.689. The van der Waals surface area contributed by atoms with Gasteiger partial charge in [-0.1, -0.05) is 6.92 Å². The van der Waals surface area contributed by atoms with Crippen LogP contribution in [0.2, 0.25) is 0 Å². The first-order chi connectivity index (χ1) is 9.83. The van der Waals surface area contributed by atoms with Crippen molar-refractivity contribution in [2.24, 2.45) is 5.92 Å². The SMILES string of the molecule is CCCOc1cc(N2CCC(CCNC)CC2)ncn1. The van der Waals surface area contributed by atoms with E-state index >= 15 is 0 Å². The van der Waals surface area contributed by atoms with Gasteiger partial charge in [0.2, 0.25) is 5.88 Å². The van der Waals surface area contributed by atoms with E-state index in [0.717, 1.165) is 37.8 Å². The van der Waals surface area contributed by atoms with Crippen LogP contribution < -0.4 is 15.0 Å². The van der Waals surface area contributed by atoms with Gasteiger partial charge in [0.1, 0.15) is 12.1 Å². The molecule has 0 spiro atoms. The van der Waals surface area contributed by atoms with Crippen molar-refractivity contribution in [1.82, 2.24) is 15.3 Å². The minimum absolute atomic E-state index is 0.689. The van der Waals surface area contributed by atoms with Crippen LogP contribution in [0.4, 0.5) is 5.82 Å². The number of rotatable bonds is 7. The molecule has 0 radical (unpaired) electrons. The van der Waals surface area contributed by atoms with Gasteiger partial charge >= 0.3 is 0 Å². The van der Waals surface area contributed by atoms with Crippen molar-refractivity contribution in [3.8, 4) is 5.88 Å². The Morgan fingerprint density at radius 1 is 1.35 bits per heavy atom. The average molecular weight is 278 g/mol. The zero-order chi connectivity index (χ0) is 14.2. The van der Waals surface area contributed by atoms with E-state index in [4.69, 9.17) is 4.74 Å². The summed E-state index contributed by atoms with van der Waals surface area (Å²) in [4.78, 5) is 10.9. The first-order valence-electron chi connectivity index (χ1n) is 7.68. The second kappa shape index (κ2) is 8.04. The van der Waals surface area contributed by atoms with E-state index in [1.54, 1.807) is 6.33 Å². The quantitative estimate of drug-likeness (QED) is 0.827. The molecular weight excluding hydrogens is 252 g/mol. The normalized spacial score (nSPS) is 16.4. The van der Waals surface area contributed by atoms with E-state index in [9.17, 15) is 0 Å². The molecule has 0 atom stereocenters. The molecule has 1 N–H and O–H groups in total. The van der Waals surface area contributed by atoms with E-state index < -0.39 is 0 Å². The second-order valence-corrected chi connectivity index (χ2v) is 5.39. The van der Waals surface area contributed by atoms with Gasteiger partial charge in [-0.2, -0.15) is 0 Å². The molecule has 1 aliphatic rings. The lowest BCUT2D eigenvalue weighted by molar-refractivity contribution is 0.304. The van der Waals surface area contributed by atoms with Gasteiger partial charge in [0.25, 0.3) is 0 Å². The number of nitrogens with zero attached hydrogens (tertiary/aromatic N) is 3. The molecule has 20 heavy (non-hydrogen) atoms. The highest BCUT2D eigenvalue weighted by atomic mass is 16.5. The molecule has 0 amide bonds. The van der Waals surface area contributed by atoms with Crippen LogP contribution >= 0.6 is 0 Å². The molecule has 0 aromatic carbocycles. The van der Waals surface area contributed by atoms with Gasteiger partial charge in [-0.3, -0.25) is 0 Å². The summed E-state index contributed by atoms with van der Waals surface area (Å²) in [5.41, 5.74) is 0. The summed E-state index contributed by atoms with van der Waals surface area (Å²) in [6, 6.07) is 1.96. The molecule has 2 heterocycles. The molecule has 5 nitrogen and oxygen atoms in total. The number of nitrogens with one attached hydrogen (secondary N) is 1. The standard InChI is InChI=1S/C15H26N4O/c1-3-10-20-15-11-14(17-12-18-15)19-8-5-13(6-9-19)4-7-16-2/h11-13,16H,3-10H2,1-2H3. The zero-order valence-corrected chi connectivity index (χ0v) is 12.6. The Morgan fingerprint density at radius 2 is 2.15 bits per heavy atom. The maximum atomic E-state index is 5.57. The summed E-state index contributed by atoms with van der Waals surface area (Å²) in [6.45, 7) is 6.09. The number of piperidine rings is 1. The summed E-state index contributed by atoms with van der Waals surface area (Å²) >= 11 is 0. The fourth-order valence-corrected chi connectivity index (χ4v) is 2.59. The molecule has 0 unspecified atom stereocenters. The van der Waals surface area contributed by atoms with Gasteiger partial charge < -0.3 is 15.0 Å². The number of aromatic nitrogens is 2. The largest absolute Gasteiger partial charge is 0.478 e. The molecule has 0 bridgehead atoms. The summed E-state index contributed by atoms with van der Waals surface area (Å²) in [5, 5.41) is 3.23. The Bertz CT molecular complexity index is 391. The van der Waals surface area contributed by atoms with Crippen LogP contribution in [0, 0.1) is 5.92 Å². The molecule has 1 aromatic heterocycles. The monoisotopic (exact) mass is 278 g/mol. The summed E-state index contributed by atoms with van der Waals surface area (Å²) in [5.74, 6) is 2.53. The highest BCUT2D eigenvalue weighted by molar-refractivity contribution is 5.41. The third-order valence-electron chi connectivity index (χ3n) is 3.82. The Kier molecular flexibility index (Phi) is 6.05. The molecule has 1 aliphatic heterocycles. The van der Waals surface area contributed by atoms with Crippen molar-refractivity contribution >= 4 is 5.82 Å². The van der Waals surface area contributed by atoms with Crippen molar-refractivity contribution in [2.75, 3.05) is 38.2 Å². The highest BCUT2D eigenvalue weighted by Gasteiger charge is 2.20. The molecule has 1 saturated heterocycles. The summed E-state index contributed by atoms with van der Waals surface area (Å²) < 4.78 is 5.57. The Hall–Kier alpha value is -1.36. The first-order valence-corrected chi connectivity index (χ1v) is 7.68. The fraction of sp³-hybridized carbons (Fsp3) is 0.733. The van der Waals surface area contributed by atoms with Crippen LogP contribution in [-0.4, -0.2) is 43.3 Å². The van der Waals surface area contributed by atoms with Crippen LogP contribution in [-0.2, 0) is 0 Å². The van der Waals surface area contributed by atoms with Crippen molar-refractivity contribution in [1.29, 1.82) is 0 Å². The molecule has 5 heteroatoms. The van der Waals surface area contributed by atoms with Crippen LogP contribution in [0.3, 0.4) is 0 Å². The van der Waals surface area contributed by atoms with Crippen LogP contribution in [0.25, 0.3) is 0 Å². The third kappa shape index (κ3) is 4.34. The topological polar surface area (TPSA) is 50.3 Å². The zero-order valence-electron chi connectivity index (χ0n) is 12.6. The van der Waals surface area contributed by atoms with Crippen LogP contribution in [0.15, 0.2) is 12.4 Å². The Morgan fingerprint density at radius 3 is 2.85 bits per heavy atom. The molecular formula is C15H26N4O. The Labute approximate surface area is 121 Å². The molecule has 1 aromatic rings. The van der Waals surface area contributed by atoms with Gasteiger partial charge in [-0.25, -0.2) is 9.97 Å². The summed E-state index contributed by atoms with van der Waals surface area (Å²) in [7, 11) is 2.02. The van der Waals surface area contributed by atoms with Gasteiger partial charge in [-0.05, 0) is 45.2 Å². The number of hydrogen-bond acceptors (Lipinski definition) is 5. The molecule has 0 aliphatic carbocycles. The number of hydrogen-bond donors (Lipinski definition) is 1. The predicted molar refractivity (Wildman–Crippen MR) is 81.3 cm³/mol. The summed E-state index contributed by atoms with van der Waals surface area (Å²) in [6.07, 6.45) is 6.37. The molecule has 112 valence electrons. The highest BCUT2D eigenvalue weighted by Crippen LogP contribution is 2.24. The molecule has 2 rings (SSSR count). The van der Waals surface area contributed by atoms with Crippen molar-refractivity contribution in [3.63, 3.8) is 0 Å².